The van der Waals surface area contributed by atoms with Crippen LogP contribution in [-0.4, -0.2) is 64.1 Å². The van der Waals surface area contributed by atoms with Crippen LogP contribution in [0.3, 0.4) is 0 Å². The van der Waals surface area contributed by atoms with Gasteiger partial charge in [-0.1, -0.05) is 30.3 Å². The molecule has 5 aromatic rings. The number of carbonyl (C=O) groups is 1. The van der Waals surface area contributed by atoms with Crippen molar-refractivity contribution >= 4 is 45.8 Å². The monoisotopic (exact) mass is 631 g/mol. The Morgan fingerprint density at radius 2 is 1.55 bits per heavy atom. The first kappa shape index (κ1) is 30.3. The van der Waals surface area contributed by atoms with Gasteiger partial charge in [-0.2, -0.15) is 0 Å². The Kier molecular flexibility index (Phi) is 8.52. The number of aromatic nitrogens is 4. The molecule has 10 nitrogen and oxygen atoms in total. The van der Waals surface area contributed by atoms with Crippen molar-refractivity contribution in [1.29, 1.82) is 0 Å². The molecule has 240 valence electrons. The van der Waals surface area contributed by atoms with Crippen LogP contribution < -0.4 is 25.8 Å². The number of halogens is 1. The first-order valence-electron chi connectivity index (χ1n) is 16.2. The van der Waals surface area contributed by atoms with E-state index in [1.807, 2.05) is 76.9 Å². The van der Waals surface area contributed by atoms with Gasteiger partial charge < -0.3 is 25.8 Å². The second kappa shape index (κ2) is 13.2. The number of nitrogens with two attached hydrogens (primary N) is 1. The van der Waals surface area contributed by atoms with Crippen LogP contribution in [0.5, 0.6) is 0 Å². The number of fused-ring (bicyclic) bond motifs is 1. The summed E-state index contributed by atoms with van der Waals surface area (Å²) < 4.78 is 14.3. The predicted octanol–water partition coefficient (Wildman–Crippen LogP) is 5.91. The van der Waals surface area contributed by atoms with Crippen LogP contribution in [0.4, 0.5) is 33.3 Å². The summed E-state index contributed by atoms with van der Waals surface area (Å²) in [5.41, 5.74) is 10.7. The number of hydrogen-bond acceptors (Lipinski definition) is 9. The Morgan fingerprint density at radius 1 is 0.851 bits per heavy atom. The molecular formula is C36H38FN9O. The van der Waals surface area contributed by atoms with Crippen LogP contribution in [0.15, 0.2) is 85.3 Å². The van der Waals surface area contributed by atoms with Gasteiger partial charge in [-0.3, -0.25) is 4.79 Å². The Hall–Kier alpha value is -5.32. The van der Waals surface area contributed by atoms with Crippen molar-refractivity contribution < 1.29 is 9.18 Å². The Bertz CT molecular complexity index is 1850. The van der Waals surface area contributed by atoms with E-state index >= 15 is 0 Å². The number of nitrogens with one attached hydrogen (secondary N) is 1. The number of anilines is 5. The van der Waals surface area contributed by atoms with Crippen LogP contribution in [0.2, 0.25) is 0 Å². The third-order valence-corrected chi connectivity index (χ3v) is 9.21. The van der Waals surface area contributed by atoms with Gasteiger partial charge in [0.25, 0.3) is 0 Å². The number of nitrogen functional groups attached to an aromatic ring is 1. The largest absolute Gasteiger partial charge is 0.399 e. The van der Waals surface area contributed by atoms with Gasteiger partial charge in [0.2, 0.25) is 17.8 Å². The summed E-state index contributed by atoms with van der Waals surface area (Å²) in [5, 5.41) is 4.53. The van der Waals surface area contributed by atoms with Gasteiger partial charge in [-0.05, 0) is 67.6 Å². The highest BCUT2D eigenvalue weighted by molar-refractivity contribution is 5.92. The van der Waals surface area contributed by atoms with Crippen molar-refractivity contribution in [2.75, 3.05) is 51.9 Å². The lowest BCUT2D eigenvalue weighted by Crippen LogP contribution is -2.47. The molecule has 1 saturated carbocycles. The number of carbonyl (C=O) groups excluding carboxylic acids is 1. The summed E-state index contributed by atoms with van der Waals surface area (Å²) in [6, 6.07) is 21.1. The van der Waals surface area contributed by atoms with Crippen molar-refractivity contribution in [3.63, 3.8) is 0 Å². The maximum Gasteiger partial charge on any atom is 0.225 e. The summed E-state index contributed by atoms with van der Waals surface area (Å²) >= 11 is 0. The van der Waals surface area contributed by atoms with E-state index in [9.17, 15) is 9.18 Å². The van der Waals surface area contributed by atoms with Gasteiger partial charge in [0.1, 0.15) is 5.82 Å². The minimum absolute atomic E-state index is 0.0401. The lowest BCUT2D eigenvalue weighted by molar-refractivity contribution is -0.117. The second-order valence-corrected chi connectivity index (χ2v) is 12.3. The molecule has 3 aromatic carbocycles. The third kappa shape index (κ3) is 6.65. The first-order chi connectivity index (χ1) is 22.9. The molecule has 11 heteroatoms. The van der Waals surface area contributed by atoms with Crippen LogP contribution in [0.25, 0.3) is 22.0 Å². The predicted molar refractivity (Wildman–Crippen MR) is 185 cm³/mol. The van der Waals surface area contributed by atoms with Gasteiger partial charge >= 0.3 is 0 Å². The van der Waals surface area contributed by atoms with Crippen LogP contribution in [0, 0.1) is 5.82 Å². The molecule has 47 heavy (non-hydrogen) atoms. The van der Waals surface area contributed by atoms with E-state index in [4.69, 9.17) is 5.73 Å². The van der Waals surface area contributed by atoms with Gasteiger partial charge in [0, 0.05) is 86.1 Å². The van der Waals surface area contributed by atoms with E-state index in [0.717, 1.165) is 53.4 Å². The van der Waals surface area contributed by atoms with Crippen molar-refractivity contribution in [1.82, 2.24) is 19.9 Å². The summed E-state index contributed by atoms with van der Waals surface area (Å²) in [4.78, 5) is 37.3. The van der Waals surface area contributed by atoms with E-state index in [-0.39, 0.29) is 23.8 Å². The number of nitrogens with zero attached hydrogens (tertiary/aromatic N) is 7. The fourth-order valence-corrected chi connectivity index (χ4v) is 6.72. The SMILES string of the molecule is CC(=O)N(c1ccc(-c2cnc(N3CCN(c4cc(N)ccc4F)CC3)nc2)cc1)C1CCC(Nc2ncc3ccccc3n2)CC1. The summed E-state index contributed by atoms with van der Waals surface area (Å²) in [6.45, 7) is 4.29. The van der Waals surface area contributed by atoms with Crippen molar-refractivity contribution in [3.8, 4) is 11.1 Å². The molecule has 1 amide bonds. The first-order valence-corrected chi connectivity index (χ1v) is 16.2. The van der Waals surface area contributed by atoms with E-state index in [1.165, 1.54) is 6.07 Å². The highest BCUT2D eigenvalue weighted by Gasteiger charge is 2.29. The fourth-order valence-electron chi connectivity index (χ4n) is 6.72. The zero-order valence-corrected chi connectivity index (χ0v) is 26.4. The quantitative estimate of drug-likeness (QED) is 0.212. The normalized spacial score (nSPS) is 18.3. The van der Waals surface area contributed by atoms with Crippen LogP contribution in [-0.2, 0) is 4.79 Å². The van der Waals surface area contributed by atoms with E-state index in [0.29, 0.717) is 49.5 Å². The molecule has 1 aliphatic heterocycles. The molecule has 0 unspecified atom stereocenters. The molecule has 7 rings (SSSR count). The van der Waals surface area contributed by atoms with Crippen LogP contribution >= 0.6 is 0 Å². The lowest BCUT2D eigenvalue weighted by atomic mass is 9.89. The van der Waals surface area contributed by atoms with Crippen molar-refractivity contribution in [2.24, 2.45) is 0 Å². The fraction of sp³-hybridized carbons (Fsp3) is 0.306. The number of rotatable bonds is 7. The Balaban J connectivity index is 0.951. The minimum atomic E-state index is -0.265. The minimum Gasteiger partial charge on any atom is -0.399 e. The molecule has 1 saturated heterocycles. The molecule has 0 radical (unpaired) electrons. The highest BCUT2D eigenvalue weighted by Crippen LogP contribution is 2.31. The maximum atomic E-state index is 14.3. The molecule has 1 aliphatic carbocycles. The molecule has 2 aromatic heterocycles. The zero-order valence-electron chi connectivity index (χ0n) is 26.4. The summed E-state index contributed by atoms with van der Waals surface area (Å²) in [7, 11) is 0. The highest BCUT2D eigenvalue weighted by atomic mass is 19.1. The number of benzene rings is 3. The lowest BCUT2D eigenvalue weighted by Gasteiger charge is -2.36. The van der Waals surface area contributed by atoms with Crippen molar-refractivity contribution in [2.45, 2.75) is 44.7 Å². The third-order valence-electron chi connectivity index (χ3n) is 9.21. The molecule has 0 bridgehead atoms. The van der Waals surface area contributed by atoms with Gasteiger partial charge in [0.15, 0.2) is 0 Å². The molecule has 3 heterocycles. The van der Waals surface area contributed by atoms with E-state index < -0.39 is 0 Å². The van der Waals surface area contributed by atoms with Gasteiger partial charge in [0.05, 0.1) is 11.2 Å². The number of amides is 1. The summed E-state index contributed by atoms with van der Waals surface area (Å²) in [5.74, 6) is 1.08. The standard InChI is InChI=1S/C36H38FN9O/c1-24(47)46(31-13-9-29(10-14-31)42-35-39-21-26-4-2-3-5-33(26)43-35)30-11-6-25(7-12-30)27-22-40-36(41-23-27)45-18-16-44(17-19-45)34-20-28(38)8-15-32(34)37/h2-8,11-12,15,20-23,29,31H,9-10,13-14,16-19,38H2,1H3,(H,39,42,43). The zero-order chi connectivity index (χ0) is 32.3. The van der Waals surface area contributed by atoms with Crippen molar-refractivity contribution in [3.05, 3.63) is 91.1 Å². The Morgan fingerprint density at radius 3 is 2.28 bits per heavy atom. The van der Waals surface area contributed by atoms with E-state index in [2.05, 4.69) is 30.2 Å². The maximum absolute atomic E-state index is 14.3. The van der Waals surface area contributed by atoms with Gasteiger partial charge in [-0.15, -0.1) is 0 Å². The number of hydrogen-bond donors (Lipinski definition) is 2. The average molecular weight is 632 g/mol. The second-order valence-electron chi connectivity index (χ2n) is 12.3. The molecule has 2 fully saturated rings. The van der Waals surface area contributed by atoms with Gasteiger partial charge in [-0.25, -0.2) is 24.3 Å². The Labute approximate surface area is 273 Å². The molecule has 0 spiro atoms. The number of piperazine rings is 1. The summed E-state index contributed by atoms with van der Waals surface area (Å²) in [6.07, 6.45) is 9.16. The number of para-hydroxylation sites is 1. The smallest absolute Gasteiger partial charge is 0.225 e. The molecule has 3 N–H and O–H groups in total. The molecular weight excluding hydrogens is 593 g/mol. The molecule has 2 aliphatic rings. The topological polar surface area (TPSA) is 116 Å². The average Bonchev–Trinajstić information content (AvgIpc) is 3.10. The van der Waals surface area contributed by atoms with Crippen LogP contribution in [0.1, 0.15) is 32.6 Å². The molecule has 0 atom stereocenters. The van der Waals surface area contributed by atoms with E-state index in [1.54, 1.807) is 19.1 Å².